The highest BCUT2D eigenvalue weighted by Crippen LogP contribution is 2.37. The molecule has 10 heteroatoms. The summed E-state index contributed by atoms with van der Waals surface area (Å²) in [6.07, 6.45) is 1.18. The van der Waals surface area contributed by atoms with Crippen molar-refractivity contribution < 1.29 is 19.5 Å². The van der Waals surface area contributed by atoms with Crippen LogP contribution in [0.15, 0.2) is 54.0 Å². The number of aliphatic hydroxyl groups excluding tert-OH is 2. The Labute approximate surface area is 200 Å². The molecule has 4 atom stereocenters. The van der Waals surface area contributed by atoms with Crippen LogP contribution < -0.4 is 5.73 Å². The van der Waals surface area contributed by atoms with Crippen LogP contribution in [0.3, 0.4) is 0 Å². The molecule has 176 valence electrons. The third-order valence-corrected chi connectivity index (χ3v) is 7.11. The minimum absolute atomic E-state index is 0.317. The molecule has 0 saturated carbocycles. The summed E-state index contributed by atoms with van der Waals surface area (Å²) < 4.78 is 13.4. The molecular weight excluding hydrogens is 454 g/mol. The summed E-state index contributed by atoms with van der Waals surface area (Å²) in [7, 11) is 0. The monoisotopic (exact) mass is 479 g/mol. The number of nitrogens with zero attached hydrogens (tertiary/aromatic N) is 4. The number of ether oxygens (including phenoxy) is 1. The summed E-state index contributed by atoms with van der Waals surface area (Å²) in [4.78, 5) is 8.36. The molecule has 0 spiro atoms. The van der Waals surface area contributed by atoms with Gasteiger partial charge < -0.3 is 29.8 Å². The van der Waals surface area contributed by atoms with Crippen LogP contribution in [0, 0.1) is 6.92 Å². The molecule has 34 heavy (non-hydrogen) atoms. The predicted molar refractivity (Wildman–Crippen MR) is 131 cm³/mol. The topological polar surface area (TPSA) is 132 Å². The second-order valence-corrected chi connectivity index (χ2v) is 9.19. The van der Waals surface area contributed by atoms with E-state index < -0.39 is 24.5 Å². The predicted octanol–water partition coefficient (Wildman–Crippen LogP) is 3.17. The van der Waals surface area contributed by atoms with Crippen LogP contribution in [0.4, 0.5) is 5.82 Å². The maximum absolute atomic E-state index is 10.8. The zero-order valence-electron chi connectivity index (χ0n) is 18.5. The number of benzene rings is 1. The Balaban J connectivity index is 1.32. The number of aliphatic hydroxyl groups is 2. The summed E-state index contributed by atoms with van der Waals surface area (Å²) in [6, 6.07) is 9.82. The van der Waals surface area contributed by atoms with E-state index in [2.05, 4.69) is 21.7 Å². The van der Waals surface area contributed by atoms with Gasteiger partial charge >= 0.3 is 0 Å². The minimum Gasteiger partial charge on any atom is -0.387 e. The molecule has 9 nitrogen and oxygen atoms in total. The van der Waals surface area contributed by atoms with Gasteiger partial charge in [0.05, 0.1) is 17.2 Å². The summed E-state index contributed by atoms with van der Waals surface area (Å²) >= 11 is 1.58. The van der Waals surface area contributed by atoms with Crippen LogP contribution in [0.25, 0.3) is 28.4 Å². The van der Waals surface area contributed by atoms with E-state index in [1.807, 2.05) is 37.3 Å². The molecule has 0 aliphatic carbocycles. The number of nitrogens with two attached hydrogens (primary N) is 1. The van der Waals surface area contributed by atoms with Crippen molar-refractivity contribution in [3.8, 4) is 11.3 Å². The van der Waals surface area contributed by atoms with E-state index >= 15 is 0 Å². The van der Waals surface area contributed by atoms with Crippen molar-refractivity contribution >= 4 is 34.7 Å². The largest absolute Gasteiger partial charge is 0.387 e. The van der Waals surface area contributed by atoms with Crippen molar-refractivity contribution in [2.45, 2.75) is 37.2 Å². The summed E-state index contributed by atoms with van der Waals surface area (Å²) in [5, 5.41) is 26.3. The summed E-state index contributed by atoms with van der Waals surface area (Å²) in [6.45, 7) is 5.73. The number of fused-ring (bicyclic) bond motifs is 1. The van der Waals surface area contributed by atoms with Crippen molar-refractivity contribution in [1.29, 1.82) is 0 Å². The fourth-order valence-corrected chi connectivity index (χ4v) is 5.41. The minimum atomic E-state index is -1.13. The molecule has 0 amide bonds. The fraction of sp³-hybridized carbons (Fsp3) is 0.292. The lowest BCUT2D eigenvalue weighted by Crippen LogP contribution is -2.32. The Morgan fingerprint density at radius 1 is 1.21 bits per heavy atom. The molecule has 4 N–H and O–H groups in total. The maximum atomic E-state index is 10.8. The highest BCUT2D eigenvalue weighted by atomic mass is 32.2. The molecule has 5 rings (SSSR count). The number of hydrogen-bond donors (Lipinski definition) is 3. The number of anilines is 1. The zero-order valence-corrected chi connectivity index (χ0v) is 19.4. The molecule has 1 fully saturated rings. The van der Waals surface area contributed by atoms with Crippen LogP contribution in [0.2, 0.25) is 0 Å². The third kappa shape index (κ3) is 3.88. The Morgan fingerprint density at radius 2 is 2.00 bits per heavy atom. The molecular formula is C24H25N5O4S. The fourth-order valence-electron chi connectivity index (χ4n) is 4.24. The molecule has 1 aliphatic rings. The lowest BCUT2D eigenvalue weighted by atomic mass is 10.1. The van der Waals surface area contributed by atoms with Gasteiger partial charge in [0.15, 0.2) is 12.0 Å². The van der Waals surface area contributed by atoms with Crippen molar-refractivity contribution in [3.05, 3.63) is 66.3 Å². The lowest BCUT2D eigenvalue weighted by Gasteiger charge is -2.17. The first kappa shape index (κ1) is 22.6. The van der Waals surface area contributed by atoms with Crippen molar-refractivity contribution in [2.75, 3.05) is 11.5 Å². The van der Waals surface area contributed by atoms with Crippen LogP contribution in [0.5, 0.6) is 0 Å². The molecule has 1 aliphatic heterocycles. The van der Waals surface area contributed by atoms with Gasteiger partial charge in [-0.1, -0.05) is 48.1 Å². The number of nitrogen functional groups attached to an aromatic ring is 1. The lowest BCUT2D eigenvalue weighted by molar-refractivity contribution is -0.0285. The van der Waals surface area contributed by atoms with Crippen molar-refractivity contribution in [1.82, 2.24) is 19.7 Å². The number of rotatable bonds is 7. The van der Waals surface area contributed by atoms with Crippen molar-refractivity contribution in [3.63, 3.8) is 0 Å². The normalized spacial score (nSPS) is 22.4. The number of hydrogen-bond acceptors (Lipinski definition) is 9. The average Bonchev–Trinajstić information content (AvgIpc) is 3.50. The van der Waals surface area contributed by atoms with Crippen LogP contribution in [0.1, 0.15) is 23.0 Å². The highest BCUT2D eigenvalue weighted by molar-refractivity contribution is 7.98. The van der Waals surface area contributed by atoms with E-state index in [1.54, 1.807) is 28.6 Å². The van der Waals surface area contributed by atoms with E-state index in [-0.39, 0.29) is 0 Å². The Morgan fingerprint density at radius 3 is 2.76 bits per heavy atom. The zero-order chi connectivity index (χ0) is 23.8. The van der Waals surface area contributed by atoms with Gasteiger partial charge in [-0.3, -0.25) is 0 Å². The average molecular weight is 480 g/mol. The molecule has 3 aromatic heterocycles. The van der Waals surface area contributed by atoms with Gasteiger partial charge in [-0.25, -0.2) is 9.97 Å². The van der Waals surface area contributed by atoms with Crippen LogP contribution >= 0.6 is 11.8 Å². The van der Waals surface area contributed by atoms with Crippen LogP contribution in [-0.2, 0) is 10.5 Å². The molecule has 1 aromatic carbocycles. The number of thioether (sulfide) groups is 1. The molecule has 0 unspecified atom stereocenters. The van der Waals surface area contributed by atoms with E-state index in [0.717, 1.165) is 28.1 Å². The van der Waals surface area contributed by atoms with E-state index in [9.17, 15) is 10.2 Å². The Hall–Kier alpha value is -3.18. The second-order valence-electron chi connectivity index (χ2n) is 8.16. The van der Waals surface area contributed by atoms with E-state index in [0.29, 0.717) is 28.4 Å². The van der Waals surface area contributed by atoms with Gasteiger partial charge in [0.25, 0.3) is 0 Å². The number of aromatic nitrogens is 4. The number of aryl methyl sites for hydroxylation is 1. The molecule has 0 radical (unpaired) electrons. The van der Waals surface area contributed by atoms with Crippen LogP contribution in [-0.4, -0.2) is 54.0 Å². The third-order valence-electron chi connectivity index (χ3n) is 6.05. The molecule has 1 saturated heterocycles. The van der Waals surface area contributed by atoms with Gasteiger partial charge in [0, 0.05) is 34.4 Å². The first-order chi connectivity index (χ1) is 16.5. The molecule has 4 heterocycles. The molecule has 0 bridgehead atoms. The Kier molecular flexibility index (Phi) is 6.13. The second kappa shape index (κ2) is 9.22. The van der Waals surface area contributed by atoms with Gasteiger partial charge in [0.2, 0.25) is 0 Å². The quantitative estimate of drug-likeness (QED) is 0.365. The maximum Gasteiger partial charge on any atom is 0.171 e. The smallest absolute Gasteiger partial charge is 0.171 e. The summed E-state index contributed by atoms with van der Waals surface area (Å²) in [5.74, 6) is 2.16. The first-order valence-electron chi connectivity index (χ1n) is 10.8. The van der Waals surface area contributed by atoms with Gasteiger partial charge in [0.1, 0.15) is 30.0 Å². The van der Waals surface area contributed by atoms with E-state index in [4.69, 9.17) is 15.0 Å². The van der Waals surface area contributed by atoms with Gasteiger partial charge in [-0.05, 0) is 6.92 Å². The SMILES string of the molecule is C=Cc1cn([C@@H]2O[C@H](CSCc3c(C)noc3-c3ccccc3)[C@@H](O)[C@H]2O)c2ncnc(N)c12. The standard InChI is InChI=1S/C24H25N5O4S/c1-3-14-9-29(23-18(14)22(25)26-12-27-23)24-20(31)19(30)17(32-24)11-34-10-16-13(2)28-33-21(16)15-7-5-4-6-8-15/h3-9,12,17,19-20,24,30-31H,1,10-11H2,2H3,(H2,25,26,27)/t17-,19-,20-,24-/m1/s1. The van der Waals surface area contributed by atoms with Crippen molar-refractivity contribution in [2.24, 2.45) is 0 Å². The van der Waals surface area contributed by atoms with Gasteiger partial charge in [-0.15, -0.1) is 0 Å². The highest BCUT2D eigenvalue weighted by Gasteiger charge is 2.44. The molecule has 4 aromatic rings. The first-order valence-corrected chi connectivity index (χ1v) is 12.0. The van der Waals surface area contributed by atoms with E-state index in [1.165, 1.54) is 6.33 Å². The Bertz CT molecular complexity index is 1320. The van der Waals surface area contributed by atoms with Gasteiger partial charge in [-0.2, -0.15) is 11.8 Å². The summed E-state index contributed by atoms with van der Waals surface area (Å²) in [5.41, 5.74) is 10.1.